The third-order valence-electron chi connectivity index (χ3n) is 3.18. The second-order valence-corrected chi connectivity index (χ2v) is 4.64. The van der Waals surface area contributed by atoms with Gasteiger partial charge in [-0.25, -0.2) is 8.78 Å². The van der Waals surface area contributed by atoms with Gasteiger partial charge in [0.05, 0.1) is 12.1 Å². The molecule has 1 rings (SSSR count). The van der Waals surface area contributed by atoms with Crippen molar-refractivity contribution in [3.8, 4) is 0 Å². The Morgan fingerprint density at radius 3 is 2.53 bits per heavy atom. The van der Waals surface area contributed by atoms with E-state index in [0.717, 1.165) is 31.9 Å². The van der Waals surface area contributed by atoms with Crippen molar-refractivity contribution in [3.05, 3.63) is 35.4 Å². The van der Waals surface area contributed by atoms with E-state index >= 15 is 0 Å². The lowest BCUT2D eigenvalue weighted by Crippen LogP contribution is -2.34. The summed E-state index contributed by atoms with van der Waals surface area (Å²) in [5.41, 5.74) is 0.341. The molecule has 1 aromatic carbocycles. The SMILES string of the molecule is CCCNC(c1cccc(F)c1F)C(CCC)OC. The highest BCUT2D eigenvalue weighted by Crippen LogP contribution is 2.26. The third kappa shape index (κ3) is 4.25. The minimum absolute atomic E-state index is 0.159. The molecule has 0 amide bonds. The molecule has 0 spiro atoms. The number of rotatable bonds is 8. The lowest BCUT2D eigenvalue weighted by Gasteiger charge is -2.27. The van der Waals surface area contributed by atoms with E-state index in [1.165, 1.54) is 6.07 Å². The zero-order valence-electron chi connectivity index (χ0n) is 11.9. The quantitative estimate of drug-likeness (QED) is 0.776. The van der Waals surface area contributed by atoms with E-state index in [4.69, 9.17) is 4.74 Å². The molecule has 4 heteroatoms. The number of ether oxygens (including phenoxy) is 1. The van der Waals surface area contributed by atoms with Gasteiger partial charge in [0.15, 0.2) is 11.6 Å². The summed E-state index contributed by atoms with van der Waals surface area (Å²) >= 11 is 0. The van der Waals surface area contributed by atoms with Crippen molar-refractivity contribution < 1.29 is 13.5 Å². The van der Waals surface area contributed by atoms with Crippen LogP contribution in [0.3, 0.4) is 0 Å². The van der Waals surface area contributed by atoms with Gasteiger partial charge in [0.25, 0.3) is 0 Å². The zero-order chi connectivity index (χ0) is 14.3. The molecule has 0 bridgehead atoms. The van der Waals surface area contributed by atoms with E-state index in [1.807, 2.05) is 13.8 Å². The topological polar surface area (TPSA) is 21.3 Å². The molecule has 0 saturated heterocycles. The summed E-state index contributed by atoms with van der Waals surface area (Å²) < 4.78 is 32.8. The van der Waals surface area contributed by atoms with Gasteiger partial charge in [0.1, 0.15) is 0 Å². The fourth-order valence-corrected chi connectivity index (χ4v) is 2.21. The lowest BCUT2D eigenvalue weighted by molar-refractivity contribution is 0.0593. The van der Waals surface area contributed by atoms with E-state index in [2.05, 4.69) is 5.32 Å². The predicted octanol–water partition coefficient (Wildman–Crippen LogP) is 3.82. The highest BCUT2D eigenvalue weighted by molar-refractivity contribution is 5.23. The summed E-state index contributed by atoms with van der Waals surface area (Å²) in [4.78, 5) is 0. The van der Waals surface area contributed by atoms with Crippen LogP contribution >= 0.6 is 0 Å². The Balaban J connectivity index is 3.03. The molecule has 0 aromatic heterocycles. The normalized spacial score (nSPS) is 14.4. The Labute approximate surface area is 114 Å². The summed E-state index contributed by atoms with van der Waals surface area (Å²) in [6, 6.07) is 3.97. The van der Waals surface area contributed by atoms with Crippen LogP contribution < -0.4 is 5.32 Å². The van der Waals surface area contributed by atoms with Crippen molar-refractivity contribution in [2.24, 2.45) is 0 Å². The van der Waals surface area contributed by atoms with Crippen molar-refractivity contribution in [2.75, 3.05) is 13.7 Å². The highest BCUT2D eigenvalue weighted by atomic mass is 19.2. The smallest absolute Gasteiger partial charge is 0.163 e. The van der Waals surface area contributed by atoms with Crippen LogP contribution in [-0.4, -0.2) is 19.8 Å². The molecule has 108 valence electrons. The Bertz CT molecular complexity index is 384. The third-order valence-corrected chi connectivity index (χ3v) is 3.18. The Hall–Kier alpha value is -1.00. The minimum atomic E-state index is -0.813. The van der Waals surface area contributed by atoms with E-state index in [9.17, 15) is 8.78 Å². The molecular formula is C15H23F2NO. The molecule has 0 aliphatic rings. The van der Waals surface area contributed by atoms with Gasteiger partial charge in [-0.3, -0.25) is 0 Å². The van der Waals surface area contributed by atoms with Crippen LogP contribution in [-0.2, 0) is 4.74 Å². The Kier molecular flexibility index (Phi) is 6.95. The monoisotopic (exact) mass is 271 g/mol. The largest absolute Gasteiger partial charge is 0.379 e. The van der Waals surface area contributed by atoms with Gasteiger partial charge in [0, 0.05) is 12.7 Å². The van der Waals surface area contributed by atoms with E-state index in [0.29, 0.717) is 5.56 Å². The Morgan fingerprint density at radius 1 is 1.21 bits per heavy atom. The molecule has 1 aromatic rings. The maximum atomic E-state index is 13.9. The molecule has 0 radical (unpaired) electrons. The van der Waals surface area contributed by atoms with E-state index < -0.39 is 11.6 Å². The first-order chi connectivity index (χ1) is 9.15. The van der Waals surface area contributed by atoms with Crippen LogP contribution in [0.4, 0.5) is 8.78 Å². The van der Waals surface area contributed by atoms with E-state index in [-0.39, 0.29) is 12.1 Å². The zero-order valence-corrected chi connectivity index (χ0v) is 11.9. The molecular weight excluding hydrogens is 248 g/mol. The standard InChI is InChI=1S/C15H23F2NO/c1-4-7-13(19-3)15(18-10-5-2)11-8-6-9-12(16)14(11)17/h6,8-9,13,15,18H,4-5,7,10H2,1-3H3. The molecule has 0 aliphatic heterocycles. The van der Waals surface area contributed by atoms with Gasteiger partial charge >= 0.3 is 0 Å². The molecule has 0 heterocycles. The summed E-state index contributed by atoms with van der Waals surface area (Å²) in [5.74, 6) is -1.60. The summed E-state index contributed by atoms with van der Waals surface area (Å²) in [7, 11) is 1.61. The van der Waals surface area contributed by atoms with Gasteiger partial charge in [-0.05, 0) is 25.5 Å². The maximum absolute atomic E-state index is 13.9. The van der Waals surface area contributed by atoms with Crippen LogP contribution in [0.5, 0.6) is 0 Å². The van der Waals surface area contributed by atoms with Gasteiger partial charge in [-0.15, -0.1) is 0 Å². The highest BCUT2D eigenvalue weighted by Gasteiger charge is 2.25. The molecule has 2 atom stereocenters. The first-order valence-electron chi connectivity index (χ1n) is 6.85. The second kappa shape index (κ2) is 8.23. The number of benzene rings is 1. The molecule has 0 aliphatic carbocycles. The molecule has 0 saturated carbocycles. The molecule has 1 N–H and O–H groups in total. The van der Waals surface area contributed by atoms with Gasteiger partial charge in [-0.1, -0.05) is 32.4 Å². The Morgan fingerprint density at radius 2 is 1.95 bits per heavy atom. The lowest BCUT2D eigenvalue weighted by atomic mass is 9.97. The minimum Gasteiger partial charge on any atom is -0.379 e. The predicted molar refractivity (Wildman–Crippen MR) is 73.1 cm³/mol. The van der Waals surface area contributed by atoms with Crippen LogP contribution in [0.2, 0.25) is 0 Å². The van der Waals surface area contributed by atoms with Crippen molar-refractivity contribution in [1.29, 1.82) is 0 Å². The average molecular weight is 271 g/mol. The number of halogens is 2. The molecule has 0 fully saturated rings. The van der Waals surface area contributed by atoms with Crippen molar-refractivity contribution in [3.63, 3.8) is 0 Å². The second-order valence-electron chi connectivity index (χ2n) is 4.64. The molecule has 19 heavy (non-hydrogen) atoms. The first kappa shape index (κ1) is 16.1. The first-order valence-corrected chi connectivity index (χ1v) is 6.85. The van der Waals surface area contributed by atoms with Crippen LogP contribution in [0.15, 0.2) is 18.2 Å². The average Bonchev–Trinajstić information content (AvgIpc) is 2.42. The number of hydrogen-bond acceptors (Lipinski definition) is 2. The van der Waals surface area contributed by atoms with Crippen LogP contribution in [0, 0.1) is 11.6 Å². The van der Waals surface area contributed by atoms with Gasteiger partial charge in [-0.2, -0.15) is 0 Å². The van der Waals surface area contributed by atoms with Crippen LogP contribution in [0.25, 0.3) is 0 Å². The molecule has 2 unspecified atom stereocenters. The number of hydrogen-bond donors (Lipinski definition) is 1. The van der Waals surface area contributed by atoms with E-state index in [1.54, 1.807) is 13.2 Å². The number of nitrogens with one attached hydrogen (secondary N) is 1. The maximum Gasteiger partial charge on any atom is 0.163 e. The summed E-state index contributed by atoms with van der Waals surface area (Å²) in [5, 5.41) is 3.26. The fraction of sp³-hybridized carbons (Fsp3) is 0.600. The van der Waals surface area contributed by atoms with Gasteiger partial charge < -0.3 is 10.1 Å². The number of methoxy groups -OCH3 is 1. The molecule has 2 nitrogen and oxygen atoms in total. The van der Waals surface area contributed by atoms with Crippen molar-refractivity contribution in [2.45, 2.75) is 45.3 Å². The fourth-order valence-electron chi connectivity index (χ4n) is 2.21. The van der Waals surface area contributed by atoms with Gasteiger partial charge in [0.2, 0.25) is 0 Å². The van der Waals surface area contributed by atoms with Crippen molar-refractivity contribution in [1.82, 2.24) is 5.32 Å². The van der Waals surface area contributed by atoms with Crippen LogP contribution in [0.1, 0.15) is 44.7 Å². The summed E-state index contributed by atoms with van der Waals surface area (Å²) in [6.45, 7) is 4.82. The summed E-state index contributed by atoms with van der Waals surface area (Å²) in [6.07, 6.45) is 2.50. The van der Waals surface area contributed by atoms with Crippen molar-refractivity contribution >= 4 is 0 Å².